The molecule has 0 heterocycles. The molecule has 0 unspecified atom stereocenters. The minimum absolute atomic E-state index is 1.26. The van der Waals surface area contributed by atoms with Gasteiger partial charge in [-0.15, -0.1) is 0 Å². The van der Waals surface area contributed by atoms with Gasteiger partial charge in [-0.25, -0.2) is 0 Å². The molecule has 1 rings (SSSR count). The Morgan fingerprint density at radius 2 is 1.24 bits per heavy atom. The summed E-state index contributed by atoms with van der Waals surface area (Å²) in [4.78, 5) is 0. The first kappa shape index (κ1) is 14.3. The van der Waals surface area contributed by atoms with E-state index in [-0.39, 0.29) is 0 Å². The molecule has 0 aliphatic rings. The summed E-state index contributed by atoms with van der Waals surface area (Å²) in [6, 6.07) is 6.95. The van der Waals surface area contributed by atoms with E-state index in [0.29, 0.717) is 0 Å². The Bertz CT molecular complexity index is 286. The van der Waals surface area contributed by atoms with Crippen molar-refractivity contribution in [1.29, 1.82) is 0 Å². The van der Waals surface area contributed by atoms with Crippen molar-refractivity contribution in [3.63, 3.8) is 0 Å². The number of rotatable bonds is 8. The number of unbranched alkanes of at least 4 members (excludes halogenated alkanes) is 2. The van der Waals surface area contributed by atoms with Crippen LogP contribution in [0.2, 0.25) is 0 Å². The van der Waals surface area contributed by atoms with Crippen molar-refractivity contribution in [2.75, 3.05) is 0 Å². The van der Waals surface area contributed by atoms with Gasteiger partial charge < -0.3 is 0 Å². The van der Waals surface area contributed by atoms with Crippen LogP contribution in [0, 0.1) is 0 Å². The summed E-state index contributed by atoms with van der Waals surface area (Å²) in [6.45, 7) is 6.85. The fourth-order valence-corrected chi connectivity index (χ4v) is 2.46. The molecular formula is C17H28. The summed E-state index contributed by atoms with van der Waals surface area (Å²) in [5, 5.41) is 0. The molecule has 0 nitrogen and oxygen atoms in total. The first-order valence-electron chi connectivity index (χ1n) is 7.43. The van der Waals surface area contributed by atoms with Gasteiger partial charge >= 0.3 is 0 Å². The normalized spacial score (nSPS) is 10.8. The largest absolute Gasteiger partial charge is 0.0654 e. The lowest BCUT2D eigenvalue weighted by Gasteiger charge is -2.14. The highest BCUT2D eigenvalue weighted by Gasteiger charge is 2.06. The Morgan fingerprint density at radius 1 is 0.706 bits per heavy atom. The zero-order valence-electron chi connectivity index (χ0n) is 11.9. The summed E-state index contributed by atoms with van der Waals surface area (Å²) < 4.78 is 0. The predicted molar refractivity (Wildman–Crippen MR) is 77.7 cm³/mol. The Labute approximate surface area is 107 Å². The molecule has 0 heteroatoms. The van der Waals surface area contributed by atoms with Gasteiger partial charge in [0.25, 0.3) is 0 Å². The van der Waals surface area contributed by atoms with Crippen LogP contribution in [0.5, 0.6) is 0 Å². The molecule has 0 aliphatic heterocycles. The summed E-state index contributed by atoms with van der Waals surface area (Å²) >= 11 is 0. The van der Waals surface area contributed by atoms with Crippen LogP contribution < -0.4 is 0 Å². The number of benzene rings is 1. The molecule has 0 saturated heterocycles. The van der Waals surface area contributed by atoms with Crippen LogP contribution in [0.3, 0.4) is 0 Å². The lowest BCUT2D eigenvalue weighted by Crippen LogP contribution is -2.00. The second-order valence-electron chi connectivity index (χ2n) is 5.01. The third-order valence-corrected chi connectivity index (χ3v) is 3.47. The number of hydrogen-bond donors (Lipinski definition) is 0. The van der Waals surface area contributed by atoms with Crippen molar-refractivity contribution in [2.24, 2.45) is 0 Å². The fraction of sp³-hybridized carbons (Fsp3) is 0.647. The zero-order valence-corrected chi connectivity index (χ0v) is 11.9. The standard InChI is InChI=1S/C17H28/c1-4-7-11-15-13-9-14-16(12-8-5-2)17(15)10-6-3/h9,13-14H,4-8,10-12H2,1-3H3. The van der Waals surface area contributed by atoms with Crippen LogP contribution in [0.25, 0.3) is 0 Å². The molecule has 17 heavy (non-hydrogen) atoms. The Hall–Kier alpha value is -0.780. The Balaban J connectivity index is 2.86. The highest BCUT2D eigenvalue weighted by Crippen LogP contribution is 2.21. The smallest absolute Gasteiger partial charge is 0.0276 e. The molecular weight excluding hydrogens is 204 g/mol. The second kappa shape index (κ2) is 8.33. The second-order valence-corrected chi connectivity index (χ2v) is 5.01. The summed E-state index contributed by atoms with van der Waals surface area (Å²) in [5.41, 5.74) is 4.89. The van der Waals surface area contributed by atoms with E-state index < -0.39 is 0 Å². The van der Waals surface area contributed by atoms with E-state index >= 15 is 0 Å². The van der Waals surface area contributed by atoms with Crippen molar-refractivity contribution in [1.82, 2.24) is 0 Å². The van der Waals surface area contributed by atoms with E-state index in [2.05, 4.69) is 39.0 Å². The molecule has 0 bridgehead atoms. The third-order valence-electron chi connectivity index (χ3n) is 3.47. The van der Waals surface area contributed by atoms with Crippen molar-refractivity contribution in [3.8, 4) is 0 Å². The van der Waals surface area contributed by atoms with Crippen LogP contribution in [-0.2, 0) is 19.3 Å². The summed E-state index contributed by atoms with van der Waals surface area (Å²) in [7, 11) is 0. The molecule has 96 valence electrons. The van der Waals surface area contributed by atoms with Crippen LogP contribution in [0.15, 0.2) is 18.2 Å². The van der Waals surface area contributed by atoms with Crippen molar-refractivity contribution in [3.05, 3.63) is 34.9 Å². The molecule has 1 aromatic rings. The minimum atomic E-state index is 1.26. The average molecular weight is 232 g/mol. The minimum Gasteiger partial charge on any atom is -0.0654 e. The van der Waals surface area contributed by atoms with Crippen LogP contribution in [0.1, 0.15) is 69.6 Å². The highest BCUT2D eigenvalue weighted by molar-refractivity contribution is 5.35. The molecule has 1 aromatic carbocycles. The van der Waals surface area contributed by atoms with Crippen LogP contribution >= 0.6 is 0 Å². The monoisotopic (exact) mass is 232 g/mol. The van der Waals surface area contributed by atoms with Gasteiger partial charge in [0.05, 0.1) is 0 Å². The molecule has 0 amide bonds. The first-order chi connectivity index (χ1) is 8.33. The van der Waals surface area contributed by atoms with Gasteiger partial charge in [-0.05, 0) is 48.8 Å². The molecule has 0 saturated carbocycles. The fourth-order valence-electron chi connectivity index (χ4n) is 2.46. The van der Waals surface area contributed by atoms with E-state index in [9.17, 15) is 0 Å². The Morgan fingerprint density at radius 3 is 1.65 bits per heavy atom. The van der Waals surface area contributed by atoms with E-state index in [0.717, 1.165) is 0 Å². The summed E-state index contributed by atoms with van der Waals surface area (Å²) in [6.07, 6.45) is 10.3. The molecule has 0 aromatic heterocycles. The third kappa shape index (κ3) is 4.53. The molecule has 0 atom stereocenters. The van der Waals surface area contributed by atoms with Crippen molar-refractivity contribution in [2.45, 2.75) is 72.1 Å². The highest BCUT2D eigenvalue weighted by atomic mass is 14.1. The van der Waals surface area contributed by atoms with E-state index in [1.165, 1.54) is 51.4 Å². The van der Waals surface area contributed by atoms with Gasteiger partial charge in [0, 0.05) is 0 Å². The van der Waals surface area contributed by atoms with E-state index in [1.807, 2.05) is 0 Å². The summed E-state index contributed by atoms with van der Waals surface area (Å²) in [5.74, 6) is 0. The van der Waals surface area contributed by atoms with Gasteiger partial charge in [-0.2, -0.15) is 0 Å². The Kier molecular flexibility index (Phi) is 7.00. The SMILES string of the molecule is CCCCc1cccc(CCCC)c1CCC. The van der Waals surface area contributed by atoms with Gasteiger partial charge in [0.1, 0.15) is 0 Å². The van der Waals surface area contributed by atoms with Crippen molar-refractivity contribution >= 4 is 0 Å². The van der Waals surface area contributed by atoms with Gasteiger partial charge in [-0.3, -0.25) is 0 Å². The predicted octanol–water partition coefficient (Wildman–Crippen LogP) is 5.32. The van der Waals surface area contributed by atoms with Gasteiger partial charge in [-0.1, -0.05) is 58.2 Å². The maximum absolute atomic E-state index is 2.34. The number of hydrogen-bond acceptors (Lipinski definition) is 0. The average Bonchev–Trinajstić information content (AvgIpc) is 2.36. The lowest BCUT2D eigenvalue weighted by molar-refractivity contribution is 0.756. The van der Waals surface area contributed by atoms with E-state index in [1.54, 1.807) is 16.7 Å². The molecule has 0 fully saturated rings. The molecule has 0 aliphatic carbocycles. The van der Waals surface area contributed by atoms with E-state index in [4.69, 9.17) is 0 Å². The van der Waals surface area contributed by atoms with Crippen molar-refractivity contribution < 1.29 is 0 Å². The molecule has 0 radical (unpaired) electrons. The maximum Gasteiger partial charge on any atom is -0.0276 e. The molecule has 0 spiro atoms. The lowest BCUT2D eigenvalue weighted by atomic mass is 9.92. The maximum atomic E-state index is 2.34. The van der Waals surface area contributed by atoms with Crippen LogP contribution in [-0.4, -0.2) is 0 Å². The number of aryl methyl sites for hydroxylation is 2. The quantitative estimate of drug-likeness (QED) is 0.568. The van der Waals surface area contributed by atoms with Gasteiger partial charge in [0.15, 0.2) is 0 Å². The van der Waals surface area contributed by atoms with Gasteiger partial charge in [0.2, 0.25) is 0 Å². The topological polar surface area (TPSA) is 0 Å². The zero-order chi connectivity index (χ0) is 12.5. The molecule has 0 N–H and O–H groups in total. The van der Waals surface area contributed by atoms with Crippen LogP contribution in [0.4, 0.5) is 0 Å². The first-order valence-corrected chi connectivity index (χ1v) is 7.43.